The lowest BCUT2D eigenvalue weighted by atomic mass is 10.2. The molecule has 0 aliphatic rings. The molecule has 100 valence electrons. The maximum absolute atomic E-state index is 13.2. The minimum absolute atomic E-state index is 0.260. The summed E-state index contributed by atoms with van der Waals surface area (Å²) in [6.45, 7) is 0.260. The highest BCUT2D eigenvalue weighted by atomic mass is 127. The van der Waals surface area contributed by atoms with Crippen LogP contribution in [0.15, 0.2) is 30.3 Å². The molecule has 2 aromatic rings. The van der Waals surface area contributed by atoms with Crippen LogP contribution in [0.2, 0.25) is 0 Å². The van der Waals surface area contributed by atoms with Gasteiger partial charge in [0, 0.05) is 14.8 Å². The molecule has 0 heterocycles. The monoisotopic (exact) mass is 595 g/mol. The molecule has 2 aromatic carbocycles. The summed E-state index contributed by atoms with van der Waals surface area (Å²) in [6.07, 6.45) is 0. The van der Waals surface area contributed by atoms with Gasteiger partial charge in [0.1, 0.15) is 18.2 Å². The molecule has 6 heteroatoms. The fourth-order valence-corrected chi connectivity index (χ4v) is 5.41. The van der Waals surface area contributed by atoms with E-state index in [1.165, 1.54) is 12.1 Å². The molecule has 0 unspecified atom stereocenters. The summed E-state index contributed by atoms with van der Waals surface area (Å²) in [5.74, 6) is 0.505. The average Bonchev–Trinajstić information content (AvgIpc) is 2.32. The molecule has 2 nitrogen and oxygen atoms in total. The lowest BCUT2D eigenvalue weighted by Gasteiger charge is -2.12. The number of ether oxygens (including phenoxy) is 1. The number of halogens is 4. The molecule has 0 spiro atoms. The Balaban J connectivity index is 2.21. The Morgan fingerprint density at radius 2 is 1.68 bits per heavy atom. The number of nitrogens with two attached hydrogens (primary N) is 1. The summed E-state index contributed by atoms with van der Waals surface area (Å²) in [5.41, 5.74) is 7.00. The van der Waals surface area contributed by atoms with Crippen LogP contribution in [0, 0.1) is 16.5 Å². The molecular formula is C13H9FI3NO. The van der Waals surface area contributed by atoms with Crippen LogP contribution < -0.4 is 10.5 Å². The molecular weight excluding hydrogens is 586 g/mol. The number of hydrogen-bond acceptors (Lipinski definition) is 2. The Morgan fingerprint density at radius 1 is 1.05 bits per heavy atom. The zero-order valence-electron chi connectivity index (χ0n) is 9.59. The number of benzene rings is 2. The van der Waals surface area contributed by atoms with Crippen LogP contribution in [0.1, 0.15) is 5.56 Å². The summed E-state index contributed by atoms with van der Waals surface area (Å²) >= 11 is 6.72. The van der Waals surface area contributed by atoms with Crippen LogP contribution in [0.5, 0.6) is 5.75 Å². The predicted molar refractivity (Wildman–Crippen MR) is 99.7 cm³/mol. The molecule has 0 fully saturated rings. The molecule has 2 rings (SSSR count). The highest BCUT2D eigenvalue weighted by Gasteiger charge is 2.09. The summed E-state index contributed by atoms with van der Waals surface area (Å²) in [6, 6.07) is 8.37. The molecule has 0 saturated heterocycles. The van der Waals surface area contributed by atoms with Gasteiger partial charge >= 0.3 is 0 Å². The van der Waals surface area contributed by atoms with E-state index in [0.29, 0.717) is 11.3 Å². The van der Waals surface area contributed by atoms with E-state index in [-0.39, 0.29) is 12.4 Å². The Hall–Kier alpha value is 0.160. The first-order chi connectivity index (χ1) is 8.97. The fourth-order valence-electron chi connectivity index (χ4n) is 1.52. The second kappa shape index (κ2) is 6.74. The smallest absolute Gasteiger partial charge is 0.146 e. The highest BCUT2D eigenvalue weighted by Crippen LogP contribution is 2.30. The first-order valence-electron chi connectivity index (χ1n) is 5.28. The molecule has 2 N–H and O–H groups in total. The summed E-state index contributed by atoms with van der Waals surface area (Å²) < 4.78 is 22.2. The quantitative estimate of drug-likeness (QED) is 0.410. The van der Waals surface area contributed by atoms with Crippen molar-refractivity contribution in [3.05, 3.63) is 52.4 Å². The first-order valence-corrected chi connectivity index (χ1v) is 8.52. The third-order valence-corrected chi connectivity index (χ3v) is 4.67. The molecule has 0 amide bonds. The maximum atomic E-state index is 13.2. The minimum atomic E-state index is -0.306. The lowest BCUT2D eigenvalue weighted by Crippen LogP contribution is -2.03. The largest absolute Gasteiger partial charge is 0.487 e. The predicted octanol–water partition coefficient (Wildman–Crippen LogP) is 4.80. The van der Waals surface area contributed by atoms with Crippen LogP contribution in [-0.4, -0.2) is 0 Å². The standard InChI is InChI=1S/C13H9FI3NO/c14-8-1-2-12(18)7(3-8)6-19-13-10(16)4-9(15)5-11(13)17/h1-5H,6,18H2. The van der Waals surface area contributed by atoms with Crippen molar-refractivity contribution in [2.45, 2.75) is 6.61 Å². The van der Waals surface area contributed by atoms with Crippen molar-refractivity contribution >= 4 is 73.5 Å². The zero-order chi connectivity index (χ0) is 14.0. The van der Waals surface area contributed by atoms with Crippen molar-refractivity contribution in [3.63, 3.8) is 0 Å². The molecule has 0 radical (unpaired) electrons. The van der Waals surface area contributed by atoms with Crippen molar-refractivity contribution < 1.29 is 9.13 Å². The van der Waals surface area contributed by atoms with Crippen molar-refractivity contribution in [2.24, 2.45) is 0 Å². The Morgan fingerprint density at radius 3 is 2.32 bits per heavy atom. The fraction of sp³-hybridized carbons (Fsp3) is 0.0769. The van der Waals surface area contributed by atoms with E-state index in [1.807, 2.05) is 12.1 Å². The normalized spacial score (nSPS) is 10.5. The van der Waals surface area contributed by atoms with E-state index in [1.54, 1.807) is 6.07 Å². The van der Waals surface area contributed by atoms with Gasteiger partial charge in [0.15, 0.2) is 0 Å². The van der Waals surface area contributed by atoms with E-state index in [0.717, 1.165) is 16.5 Å². The van der Waals surface area contributed by atoms with Crippen molar-refractivity contribution in [3.8, 4) is 5.75 Å². The average molecular weight is 595 g/mol. The van der Waals surface area contributed by atoms with Crippen LogP contribution >= 0.6 is 67.8 Å². The number of nitrogen functional groups attached to an aromatic ring is 1. The molecule has 0 atom stereocenters. The second-order valence-electron chi connectivity index (χ2n) is 3.83. The van der Waals surface area contributed by atoms with Crippen LogP contribution in [0.25, 0.3) is 0 Å². The highest BCUT2D eigenvalue weighted by molar-refractivity contribution is 14.1. The Labute approximate surface area is 151 Å². The van der Waals surface area contributed by atoms with E-state index < -0.39 is 0 Å². The van der Waals surface area contributed by atoms with Gasteiger partial charge in [-0.2, -0.15) is 0 Å². The molecule has 19 heavy (non-hydrogen) atoms. The molecule has 0 aliphatic heterocycles. The molecule has 0 saturated carbocycles. The lowest BCUT2D eigenvalue weighted by molar-refractivity contribution is 0.301. The van der Waals surface area contributed by atoms with Gasteiger partial charge in [-0.1, -0.05) is 0 Å². The van der Waals surface area contributed by atoms with Gasteiger partial charge in [-0.15, -0.1) is 0 Å². The van der Waals surface area contributed by atoms with E-state index in [4.69, 9.17) is 10.5 Å². The van der Waals surface area contributed by atoms with Crippen LogP contribution in [0.3, 0.4) is 0 Å². The third kappa shape index (κ3) is 4.06. The molecule has 0 aromatic heterocycles. The van der Waals surface area contributed by atoms with E-state index in [9.17, 15) is 4.39 Å². The number of anilines is 1. The minimum Gasteiger partial charge on any atom is -0.487 e. The van der Waals surface area contributed by atoms with Gasteiger partial charge in [-0.25, -0.2) is 4.39 Å². The zero-order valence-corrected chi connectivity index (χ0v) is 16.1. The number of hydrogen-bond donors (Lipinski definition) is 1. The summed E-state index contributed by atoms with van der Waals surface area (Å²) in [7, 11) is 0. The van der Waals surface area contributed by atoms with Crippen LogP contribution in [-0.2, 0) is 6.61 Å². The Kier molecular flexibility index (Phi) is 5.52. The maximum Gasteiger partial charge on any atom is 0.146 e. The van der Waals surface area contributed by atoms with E-state index >= 15 is 0 Å². The van der Waals surface area contributed by atoms with Gasteiger partial charge < -0.3 is 10.5 Å². The summed E-state index contributed by atoms with van der Waals surface area (Å²) in [4.78, 5) is 0. The number of rotatable bonds is 3. The summed E-state index contributed by atoms with van der Waals surface area (Å²) in [5, 5.41) is 0. The third-order valence-electron chi connectivity index (χ3n) is 2.44. The SMILES string of the molecule is Nc1ccc(F)cc1COc1c(I)cc(I)cc1I. The second-order valence-corrected chi connectivity index (χ2v) is 7.40. The first kappa shape index (κ1) is 15.5. The van der Waals surface area contributed by atoms with Crippen LogP contribution in [0.4, 0.5) is 10.1 Å². The molecule has 0 bridgehead atoms. The van der Waals surface area contributed by atoms with Gasteiger partial charge in [0.2, 0.25) is 0 Å². The Bertz CT molecular complexity index is 596. The van der Waals surface area contributed by atoms with E-state index in [2.05, 4.69) is 67.8 Å². The van der Waals surface area contributed by atoms with Gasteiger partial charge in [0.05, 0.1) is 7.14 Å². The molecule has 0 aliphatic carbocycles. The van der Waals surface area contributed by atoms with Gasteiger partial charge in [-0.3, -0.25) is 0 Å². The van der Waals surface area contributed by atoms with Crippen molar-refractivity contribution in [1.82, 2.24) is 0 Å². The van der Waals surface area contributed by atoms with Crippen molar-refractivity contribution in [2.75, 3.05) is 5.73 Å². The topological polar surface area (TPSA) is 35.2 Å². The van der Waals surface area contributed by atoms with Crippen molar-refractivity contribution in [1.29, 1.82) is 0 Å². The van der Waals surface area contributed by atoms with Gasteiger partial charge in [-0.05, 0) is 98.1 Å². The van der Waals surface area contributed by atoms with Gasteiger partial charge in [0.25, 0.3) is 0 Å².